The van der Waals surface area contributed by atoms with Crippen LogP contribution in [0.5, 0.6) is 0 Å². The van der Waals surface area contributed by atoms with Gasteiger partial charge in [-0.25, -0.2) is 8.78 Å². The van der Waals surface area contributed by atoms with Crippen LogP contribution in [-0.2, 0) is 4.79 Å². The number of nitrogens with two attached hydrogens (primary N) is 1. The van der Waals surface area contributed by atoms with Gasteiger partial charge in [0.2, 0.25) is 5.91 Å². The monoisotopic (exact) mass is 328 g/mol. The first-order chi connectivity index (χ1) is 9.95. The fraction of sp³-hybridized carbons (Fsp3) is 0.0714. The maximum absolute atomic E-state index is 13.4. The van der Waals surface area contributed by atoms with E-state index in [0.29, 0.717) is 15.6 Å². The average molecular weight is 329 g/mol. The molecule has 2 aromatic carbocycles. The maximum atomic E-state index is 13.4. The van der Waals surface area contributed by atoms with Gasteiger partial charge in [-0.3, -0.25) is 4.79 Å². The van der Waals surface area contributed by atoms with Crippen LogP contribution < -0.4 is 11.1 Å². The summed E-state index contributed by atoms with van der Waals surface area (Å²) >= 11 is 6.95. The molecule has 0 aliphatic carbocycles. The van der Waals surface area contributed by atoms with Gasteiger partial charge < -0.3 is 11.1 Å². The highest BCUT2D eigenvalue weighted by atomic mass is 35.5. The lowest BCUT2D eigenvalue weighted by Crippen LogP contribution is -2.15. The Bertz CT molecular complexity index is 682. The van der Waals surface area contributed by atoms with Gasteiger partial charge in [-0.2, -0.15) is 0 Å². The molecular formula is C14H11ClF2N2OS. The summed E-state index contributed by atoms with van der Waals surface area (Å²) in [6.07, 6.45) is 0. The van der Waals surface area contributed by atoms with Crippen LogP contribution in [-0.4, -0.2) is 11.7 Å². The van der Waals surface area contributed by atoms with E-state index in [0.717, 1.165) is 18.2 Å². The molecule has 0 fully saturated rings. The number of benzene rings is 2. The van der Waals surface area contributed by atoms with Gasteiger partial charge in [0.05, 0.1) is 11.4 Å². The first-order valence-electron chi connectivity index (χ1n) is 5.88. The molecule has 0 aliphatic rings. The van der Waals surface area contributed by atoms with E-state index in [1.165, 1.54) is 11.8 Å². The Kier molecular flexibility index (Phi) is 5.03. The van der Waals surface area contributed by atoms with E-state index in [9.17, 15) is 13.6 Å². The van der Waals surface area contributed by atoms with Crippen molar-refractivity contribution >= 4 is 40.6 Å². The average Bonchev–Trinajstić information content (AvgIpc) is 2.42. The second kappa shape index (κ2) is 6.78. The molecule has 0 radical (unpaired) electrons. The van der Waals surface area contributed by atoms with Crippen molar-refractivity contribution in [2.24, 2.45) is 0 Å². The molecular weight excluding hydrogens is 318 g/mol. The second-order valence-corrected chi connectivity index (χ2v) is 5.60. The molecule has 0 bridgehead atoms. The third-order valence-corrected chi connectivity index (χ3v) is 3.86. The Hall–Kier alpha value is -1.79. The van der Waals surface area contributed by atoms with Crippen molar-refractivity contribution in [2.45, 2.75) is 4.90 Å². The quantitative estimate of drug-likeness (QED) is 0.660. The molecule has 0 spiro atoms. The highest BCUT2D eigenvalue weighted by Gasteiger charge is 2.10. The predicted molar refractivity (Wildman–Crippen MR) is 81.6 cm³/mol. The lowest BCUT2D eigenvalue weighted by molar-refractivity contribution is -0.113. The largest absolute Gasteiger partial charge is 0.398 e. The third-order valence-electron chi connectivity index (χ3n) is 2.53. The lowest BCUT2D eigenvalue weighted by atomic mass is 10.3. The predicted octanol–water partition coefficient (Wildman–Crippen LogP) is 3.93. The highest BCUT2D eigenvalue weighted by Crippen LogP contribution is 2.27. The standard InChI is InChI=1S/C14H11ClF2N2OS/c15-8-1-4-13(11(18)5-8)21-7-14(20)19-12-6-9(16)2-3-10(12)17/h1-6H,7,18H2,(H,19,20). The van der Waals surface area contributed by atoms with Gasteiger partial charge in [0, 0.05) is 21.7 Å². The van der Waals surface area contributed by atoms with E-state index in [-0.39, 0.29) is 11.4 Å². The first kappa shape index (κ1) is 15.6. The van der Waals surface area contributed by atoms with Crippen molar-refractivity contribution < 1.29 is 13.6 Å². The van der Waals surface area contributed by atoms with Crippen LogP contribution in [0, 0.1) is 11.6 Å². The fourth-order valence-electron chi connectivity index (χ4n) is 1.57. The molecule has 0 aliphatic heterocycles. The van der Waals surface area contributed by atoms with Crippen molar-refractivity contribution in [3.63, 3.8) is 0 Å². The van der Waals surface area contributed by atoms with Crippen molar-refractivity contribution in [1.29, 1.82) is 0 Å². The summed E-state index contributed by atoms with van der Waals surface area (Å²) in [7, 11) is 0. The third kappa shape index (κ3) is 4.34. The number of halogens is 3. The van der Waals surface area contributed by atoms with Crippen molar-refractivity contribution in [3.05, 3.63) is 53.1 Å². The van der Waals surface area contributed by atoms with Gasteiger partial charge in [0.1, 0.15) is 11.6 Å². The van der Waals surface area contributed by atoms with Gasteiger partial charge in [-0.1, -0.05) is 11.6 Å². The molecule has 0 atom stereocenters. The van der Waals surface area contributed by atoms with Crippen molar-refractivity contribution in [3.8, 4) is 0 Å². The number of nitrogens with one attached hydrogen (secondary N) is 1. The lowest BCUT2D eigenvalue weighted by Gasteiger charge is -2.08. The first-order valence-corrected chi connectivity index (χ1v) is 7.25. The molecule has 2 aromatic rings. The number of carbonyl (C=O) groups excluding carboxylic acids is 1. The minimum Gasteiger partial charge on any atom is -0.398 e. The van der Waals surface area contributed by atoms with Crippen LogP contribution in [0.15, 0.2) is 41.3 Å². The minimum absolute atomic E-state index is 0.0157. The van der Waals surface area contributed by atoms with Crippen LogP contribution >= 0.6 is 23.4 Å². The van der Waals surface area contributed by atoms with Gasteiger partial charge in [0.25, 0.3) is 0 Å². The van der Waals surface area contributed by atoms with Crippen LogP contribution in [0.2, 0.25) is 5.02 Å². The molecule has 2 rings (SSSR count). The summed E-state index contributed by atoms with van der Waals surface area (Å²) in [6.45, 7) is 0. The molecule has 0 saturated carbocycles. The van der Waals surface area contributed by atoms with E-state index in [4.69, 9.17) is 17.3 Å². The summed E-state index contributed by atoms with van der Waals surface area (Å²) in [4.78, 5) is 12.4. The van der Waals surface area contributed by atoms with Gasteiger partial charge in [-0.05, 0) is 30.3 Å². The molecule has 0 unspecified atom stereocenters. The summed E-state index contributed by atoms with van der Waals surface area (Å²) in [5.74, 6) is -1.76. The van der Waals surface area contributed by atoms with Crippen LogP contribution in [0.1, 0.15) is 0 Å². The van der Waals surface area contributed by atoms with Crippen molar-refractivity contribution in [1.82, 2.24) is 0 Å². The Morgan fingerprint density at radius 2 is 2.00 bits per heavy atom. The van der Waals surface area contributed by atoms with Crippen LogP contribution in [0.3, 0.4) is 0 Å². The Morgan fingerprint density at radius 3 is 2.71 bits per heavy atom. The minimum atomic E-state index is -0.694. The number of nitrogen functional groups attached to an aromatic ring is 1. The van der Waals surface area contributed by atoms with Crippen molar-refractivity contribution in [2.75, 3.05) is 16.8 Å². The van der Waals surface area contributed by atoms with Crippen LogP contribution in [0.25, 0.3) is 0 Å². The summed E-state index contributed by atoms with van der Waals surface area (Å²) in [5, 5.41) is 2.81. The number of rotatable bonds is 4. The molecule has 1 amide bonds. The smallest absolute Gasteiger partial charge is 0.234 e. The number of carbonyl (C=O) groups is 1. The van der Waals surface area contributed by atoms with E-state index in [1.54, 1.807) is 18.2 Å². The molecule has 7 heteroatoms. The normalized spacial score (nSPS) is 10.4. The summed E-state index contributed by atoms with van der Waals surface area (Å²) in [5.41, 5.74) is 6.02. The van der Waals surface area contributed by atoms with Crippen LogP contribution in [0.4, 0.5) is 20.2 Å². The Balaban J connectivity index is 1.97. The van der Waals surface area contributed by atoms with E-state index in [2.05, 4.69) is 5.32 Å². The van der Waals surface area contributed by atoms with Gasteiger partial charge in [0.15, 0.2) is 0 Å². The Morgan fingerprint density at radius 1 is 1.24 bits per heavy atom. The molecule has 0 aromatic heterocycles. The number of anilines is 2. The topological polar surface area (TPSA) is 55.1 Å². The van der Waals surface area contributed by atoms with E-state index in [1.807, 2.05) is 0 Å². The van der Waals surface area contributed by atoms with Gasteiger partial charge >= 0.3 is 0 Å². The molecule has 21 heavy (non-hydrogen) atoms. The zero-order valence-electron chi connectivity index (χ0n) is 10.7. The SMILES string of the molecule is Nc1cc(Cl)ccc1SCC(=O)Nc1cc(F)ccc1F. The summed E-state index contributed by atoms with van der Waals surface area (Å²) < 4.78 is 26.4. The number of thioether (sulfide) groups is 1. The number of hydrogen-bond acceptors (Lipinski definition) is 3. The molecule has 3 nitrogen and oxygen atoms in total. The number of amides is 1. The van der Waals surface area contributed by atoms with Gasteiger partial charge in [-0.15, -0.1) is 11.8 Å². The maximum Gasteiger partial charge on any atom is 0.234 e. The Labute approximate surface area is 129 Å². The zero-order chi connectivity index (χ0) is 15.4. The zero-order valence-corrected chi connectivity index (χ0v) is 12.3. The summed E-state index contributed by atoms with van der Waals surface area (Å²) in [6, 6.07) is 7.79. The van der Waals surface area contributed by atoms with E-state index >= 15 is 0 Å². The molecule has 0 heterocycles. The fourth-order valence-corrected chi connectivity index (χ4v) is 2.50. The molecule has 110 valence electrons. The molecule has 0 saturated heterocycles. The van der Waals surface area contributed by atoms with E-state index < -0.39 is 17.5 Å². The highest BCUT2D eigenvalue weighted by molar-refractivity contribution is 8.00. The molecule has 3 N–H and O–H groups in total. The second-order valence-electron chi connectivity index (χ2n) is 4.14. The number of hydrogen-bond donors (Lipinski definition) is 2.